The van der Waals surface area contributed by atoms with E-state index >= 15 is 0 Å². The van der Waals surface area contributed by atoms with Crippen LogP contribution in [0.1, 0.15) is 45.1 Å². The van der Waals surface area contributed by atoms with Crippen molar-refractivity contribution in [2.75, 3.05) is 49.1 Å². The van der Waals surface area contributed by atoms with E-state index in [-0.39, 0.29) is 23.4 Å². The van der Waals surface area contributed by atoms with E-state index in [9.17, 15) is 14.3 Å². The summed E-state index contributed by atoms with van der Waals surface area (Å²) in [7, 11) is 0. The number of rotatable bonds is 6. The molecule has 0 radical (unpaired) electrons. The Hall–Kier alpha value is -4.00. The van der Waals surface area contributed by atoms with Gasteiger partial charge in [0.15, 0.2) is 6.17 Å². The summed E-state index contributed by atoms with van der Waals surface area (Å²) in [6.07, 6.45) is -0.415. The largest absolute Gasteiger partial charge is 0.368 e. The van der Waals surface area contributed by atoms with Crippen molar-refractivity contribution in [1.82, 2.24) is 9.80 Å². The summed E-state index contributed by atoms with van der Waals surface area (Å²) in [6, 6.07) is 22.3. The molecule has 2 aliphatic heterocycles. The SMILES string of the molecule is Cc1cc(C)c(C(=O)N2CC(N=S=O)N(c3ccccc3C)C[C@@H]2C)cc1CN1CCN(c2ccccc2C#N)CC1. The minimum Gasteiger partial charge on any atom is -0.368 e. The van der Waals surface area contributed by atoms with E-state index in [1.54, 1.807) is 0 Å². The number of piperazine rings is 2. The molecule has 3 aromatic carbocycles. The molecule has 1 amide bonds. The second kappa shape index (κ2) is 12.9. The fourth-order valence-corrected chi connectivity index (χ4v) is 6.49. The van der Waals surface area contributed by atoms with E-state index in [1.807, 2.05) is 48.2 Å². The van der Waals surface area contributed by atoms with Crippen LogP contribution in [0.3, 0.4) is 0 Å². The molecule has 42 heavy (non-hydrogen) atoms. The highest BCUT2D eigenvalue weighted by Crippen LogP contribution is 2.29. The van der Waals surface area contributed by atoms with Gasteiger partial charge in [0.25, 0.3) is 5.91 Å². The highest BCUT2D eigenvalue weighted by Gasteiger charge is 2.36. The maximum atomic E-state index is 14.0. The van der Waals surface area contributed by atoms with Gasteiger partial charge in [-0.1, -0.05) is 36.4 Å². The summed E-state index contributed by atoms with van der Waals surface area (Å²) >= 11 is 0.221. The van der Waals surface area contributed by atoms with Gasteiger partial charge in [-0.05, 0) is 74.2 Å². The fourth-order valence-electron chi connectivity index (χ4n) is 6.21. The Morgan fingerprint density at radius 1 is 0.929 bits per heavy atom. The maximum absolute atomic E-state index is 14.0. The average molecular weight is 583 g/mol. The number of hydrogen-bond donors (Lipinski definition) is 0. The normalized spacial score (nSPS) is 19.4. The fraction of sp³-hybridized carbons (Fsp3) is 0.394. The molecule has 0 saturated carbocycles. The first kappa shape index (κ1) is 29.5. The van der Waals surface area contributed by atoms with Crippen molar-refractivity contribution in [3.05, 3.63) is 94.0 Å². The predicted molar refractivity (Wildman–Crippen MR) is 168 cm³/mol. The third kappa shape index (κ3) is 6.10. The van der Waals surface area contributed by atoms with Crippen LogP contribution in [0.5, 0.6) is 0 Å². The minimum absolute atomic E-state index is 0.0142. The third-order valence-electron chi connectivity index (χ3n) is 8.61. The molecule has 0 N–H and O–H groups in total. The van der Waals surface area contributed by atoms with Crippen molar-refractivity contribution in [2.24, 2.45) is 4.36 Å². The summed E-state index contributed by atoms with van der Waals surface area (Å²) in [4.78, 5) is 22.8. The van der Waals surface area contributed by atoms with E-state index < -0.39 is 6.17 Å². The van der Waals surface area contributed by atoms with Crippen molar-refractivity contribution < 1.29 is 9.00 Å². The Morgan fingerprint density at radius 3 is 2.31 bits per heavy atom. The number of aryl methyl sites for hydroxylation is 3. The Morgan fingerprint density at radius 2 is 1.62 bits per heavy atom. The molecule has 2 aliphatic rings. The molecule has 1 unspecified atom stereocenters. The molecule has 2 saturated heterocycles. The Kier molecular flexibility index (Phi) is 9.05. The Bertz CT molecular complexity index is 1550. The molecule has 2 atom stereocenters. The molecule has 2 fully saturated rings. The zero-order valence-corrected chi connectivity index (χ0v) is 25.6. The average Bonchev–Trinajstić information content (AvgIpc) is 2.99. The highest BCUT2D eigenvalue weighted by molar-refractivity contribution is 7.54. The summed E-state index contributed by atoms with van der Waals surface area (Å²) in [5.74, 6) is -0.0142. The van der Waals surface area contributed by atoms with Gasteiger partial charge in [0.05, 0.1) is 17.8 Å². The van der Waals surface area contributed by atoms with Gasteiger partial charge in [-0.3, -0.25) is 9.69 Å². The third-order valence-corrected chi connectivity index (χ3v) is 8.94. The zero-order chi connectivity index (χ0) is 29.8. The smallest absolute Gasteiger partial charge is 0.254 e. The number of nitrogens with zero attached hydrogens (tertiary/aromatic N) is 6. The monoisotopic (exact) mass is 582 g/mol. The lowest BCUT2D eigenvalue weighted by Crippen LogP contribution is -2.58. The standard InChI is InChI=1S/C33H38N6O2S/c1-23-9-5-7-11-30(23)39-20-26(4)38(22-32(39)35-42-41)33(40)29-18-28(24(2)17-25(29)3)21-36-13-15-37(16-14-36)31-12-8-6-10-27(31)19-34/h5-12,17-18,26,32H,13-16,20-22H2,1-4H3/t26-,32?/m0/s1. The van der Waals surface area contributed by atoms with Crippen molar-refractivity contribution in [3.8, 4) is 6.07 Å². The molecule has 9 heteroatoms. The summed E-state index contributed by atoms with van der Waals surface area (Å²) < 4.78 is 15.8. The van der Waals surface area contributed by atoms with Crippen LogP contribution in [-0.2, 0) is 18.0 Å². The van der Waals surface area contributed by atoms with Gasteiger partial charge < -0.3 is 14.7 Å². The van der Waals surface area contributed by atoms with E-state index in [0.717, 1.165) is 60.8 Å². The highest BCUT2D eigenvalue weighted by atomic mass is 32.1. The first-order valence-electron chi connectivity index (χ1n) is 14.5. The summed E-state index contributed by atoms with van der Waals surface area (Å²) in [5.41, 5.74) is 7.87. The Labute approximate surface area is 252 Å². The topological polar surface area (TPSA) is 83.2 Å². The molecule has 3 aromatic rings. The van der Waals surface area contributed by atoms with Gasteiger partial charge in [0.1, 0.15) is 6.07 Å². The number of carbonyl (C=O) groups excluding carboxylic acids is 1. The first-order valence-corrected chi connectivity index (χ1v) is 15.2. The molecule has 0 bridgehead atoms. The molecule has 2 heterocycles. The summed E-state index contributed by atoms with van der Waals surface area (Å²) in [6.45, 7) is 13.4. The van der Waals surface area contributed by atoms with E-state index in [2.05, 4.69) is 70.2 Å². The number of carbonyl (C=O) groups is 1. The molecule has 5 rings (SSSR count). The van der Waals surface area contributed by atoms with Gasteiger partial charge in [-0.25, -0.2) is 0 Å². The van der Waals surface area contributed by atoms with Crippen LogP contribution in [0.4, 0.5) is 11.4 Å². The van der Waals surface area contributed by atoms with Crippen LogP contribution < -0.4 is 9.80 Å². The van der Waals surface area contributed by atoms with Crippen LogP contribution in [0.15, 0.2) is 65.0 Å². The van der Waals surface area contributed by atoms with Crippen molar-refractivity contribution in [2.45, 2.75) is 46.4 Å². The number of amides is 1. The van der Waals surface area contributed by atoms with E-state index in [1.165, 1.54) is 5.56 Å². The number of hydrogen-bond acceptors (Lipinski definition) is 7. The molecule has 8 nitrogen and oxygen atoms in total. The zero-order valence-electron chi connectivity index (χ0n) is 24.8. The summed E-state index contributed by atoms with van der Waals surface area (Å²) in [5, 5.41) is 9.51. The quantitative estimate of drug-likeness (QED) is 0.412. The van der Waals surface area contributed by atoms with E-state index in [0.29, 0.717) is 24.2 Å². The minimum atomic E-state index is -0.415. The molecular formula is C33H38N6O2S. The molecule has 0 aromatic heterocycles. The van der Waals surface area contributed by atoms with Crippen LogP contribution in [0, 0.1) is 32.1 Å². The number of para-hydroxylation sites is 2. The van der Waals surface area contributed by atoms with E-state index in [4.69, 9.17) is 0 Å². The molecule has 0 aliphatic carbocycles. The van der Waals surface area contributed by atoms with Gasteiger partial charge in [0.2, 0.25) is 11.5 Å². The maximum Gasteiger partial charge on any atom is 0.254 e. The lowest BCUT2D eigenvalue weighted by molar-refractivity contribution is 0.0641. The first-order chi connectivity index (χ1) is 20.3. The second-order valence-electron chi connectivity index (χ2n) is 11.4. The number of nitriles is 1. The lowest BCUT2D eigenvalue weighted by atomic mass is 9.97. The molecule has 0 spiro atoms. The van der Waals surface area contributed by atoms with Crippen LogP contribution >= 0.6 is 0 Å². The van der Waals surface area contributed by atoms with Gasteiger partial charge in [0, 0.05) is 56.6 Å². The number of benzene rings is 3. The van der Waals surface area contributed by atoms with Crippen LogP contribution in [0.2, 0.25) is 0 Å². The van der Waals surface area contributed by atoms with Crippen LogP contribution in [0.25, 0.3) is 0 Å². The lowest BCUT2D eigenvalue weighted by Gasteiger charge is -2.44. The van der Waals surface area contributed by atoms with Gasteiger partial charge >= 0.3 is 0 Å². The van der Waals surface area contributed by atoms with Gasteiger partial charge in [-0.2, -0.15) is 13.8 Å². The van der Waals surface area contributed by atoms with Gasteiger partial charge in [-0.15, -0.1) is 0 Å². The number of anilines is 2. The Balaban J connectivity index is 1.31. The predicted octanol–water partition coefficient (Wildman–Crippen LogP) is 4.88. The van der Waals surface area contributed by atoms with Crippen molar-refractivity contribution in [3.63, 3.8) is 0 Å². The molecular weight excluding hydrogens is 544 g/mol. The van der Waals surface area contributed by atoms with Crippen molar-refractivity contribution in [1.29, 1.82) is 5.26 Å². The molecule has 218 valence electrons. The van der Waals surface area contributed by atoms with Crippen LogP contribution in [-0.4, -0.2) is 71.4 Å². The second-order valence-corrected chi connectivity index (χ2v) is 11.8. The van der Waals surface area contributed by atoms with Crippen molar-refractivity contribution >= 4 is 28.7 Å².